The predicted molar refractivity (Wildman–Crippen MR) is 91.8 cm³/mol. The van der Waals surface area contributed by atoms with Crippen molar-refractivity contribution in [2.75, 3.05) is 0 Å². The van der Waals surface area contributed by atoms with E-state index in [4.69, 9.17) is 10.2 Å². The van der Waals surface area contributed by atoms with Gasteiger partial charge in [-0.15, -0.1) is 0 Å². The molecular weight excluding hydrogens is 434 g/mol. The van der Waals surface area contributed by atoms with Crippen LogP contribution in [0, 0.1) is 34.9 Å². The average molecular weight is 444 g/mol. The fourth-order valence-electron chi connectivity index (χ4n) is 2.23. The highest BCUT2D eigenvalue weighted by molar-refractivity contribution is 5.97. The first-order chi connectivity index (χ1) is 14.7. The normalized spacial score (nSPS) is 11.5. The summed E-state index contributed by atoms with van der Waals surface area (Å²) in [6.07, 6.45) is 0. The number of oxime groups is 1. The van der Waals surface area contributed by atoms with Gasteiger partial charge in [0.25, 0.3) is 0 Å². The molecule has 0 unspecified atom stereocenters. The molecule has 0 radical (unpaired) electrons. The summed E-state index contributed by atoms with van der Waals surface area (Å²) in [6, 6.07) is 7.04. The molecule has 6 nitrogen and oxygen atoms in total. The molecule has 0 atom stereocenters. The zero-order chi connectivity index (χ0) is 22.7. The van der Waals surface area contributed by atoms with Gasteiger partial charge in [0.2, 0.25) is 34.8 Å². The highest BCUT2D eigenvalue weighted by Gasteiger charge is 2.27. The summed E-state index contributed by atoms with van der Waals surface area (Å²) in [5, 5.41) is 3.37. The molecule has 3 rings (SSSR count). The topological polar surface area (TPSA) is 87.1 Å². The molecule has 0 bridgehead atoms. The van der Waals surface area contributed by atoms with E-state index >= 15 is 0 Å². The number of hydrogen-bond donors (Lipinski definition) is 1. The molecule has 0 saturated heterocycles. The Kier molecular flexibility index (Phi) is 6.18. The van der Waals surface area contributed by atoms with Crippen molar-refractivity contribution in [1.82, 2.24) is 0 Å². The largest absolute Gasteiger partial charge is 0.479 e. The van der Waals surface area contributed by atoms with Gasteiger partial charge in [-0.1, -0.05) is 5.16 Å². The van der Waals surface area contributed by atoms with Crippen molar-refractivity contribution in [3.8, 4) is 5.75 Å². The Hall–Kier alpha value is -3.96. The third kappa shape index (κ3) is 4.63. The first-order valence-electron chi connectivity index (χ1n) is 8.22. The monoisotopic (exact) mass is 444 g/mol. The van der Waals surface area contributed by atoms with Crippen LogP contribution in [0.25, 0.3) is 0 Å². The maximum absolute atomic E-state index is 13.6. The summed E-state index contributed by atoms with van der Waals surface area (Å²) < 4.78 is 89.0. The van der Waals surface area contributed by atoms with Gasteiger partial charge in [0.1, 0.15) is 18.2 Å². The van der Waals surface area contributed by atoms with Gasteiger partial charge in [-0.05, 0) is 36.4 Å². The van der Waals surface area contributed by atoms with Crippen LogP contribution in [0.4, 0.5) is 26.3 Å². The Morgan fingerprint density at radius 3 is 2.06 bits per heavy atom. The van der Waals surface area contributed by atoms with Gasteiger partial charge in [-0.25, -0.2) is 22.4 Å². The van der Waals surface area contributed by atoms with Crippen molar-refractivity contribution in [3.63, 3.8) is 0 Å². The van der Waals surface area contributed by atoms with Crippen LogP contribution in [0.1, 0.15) is 21.9 Å². The molecule has 12 heteroatoms. The summed E-state index contributed by atoms with van der Waals surface area (Å²) in [5.41, 5.74) is 5.86. The molecule has 2 N–H and O–H groups in total. The number of nitrogens with two attached hydrogens (primary N) is 1. The predicted octanol–water partition coefficient (Wildman–Crippen LogP) is 4.17. The van der Waals surface area contributed by atoms with Gasteiger partial charge in [0, 0.05) is 5.56 Å². The average Bonchev–Trinajstić information content (AvgIpc) is 3.24. The number of benzene rings is 2. The molecule has 31 heavy (non-hydrogen) atoms. The van der Waals surface area contributed by atoms with E-state index in [-0.39, 0.29) is 17.2 Å². The Balaban J connectivity index is 1.66. The minimum atomic E-state index is -2.33. The van der Waals surface area contributed by atoms with Crippen molar-refractivity contribution in [3.05, 3.63) is 88.4 Å². The third-order valence-corrected chi connectivity index (χ3v) is 3.76. The lowest BCUT2D eigenvalue weighted by molar-refractivity contribution is 0.0475. The molecule has 0 fully saturated rings. The Morgan fingerprint density at radius 1 is 0.871 bits per heavy atom. The molecule has 0 spiro atoms. The molecule has 0 aliphatic heterocycles. The van der Waals surface area contributed by atoms with Crippen molar-refractivity contribution >= 4 is 11.8 Å². The maximum Gasteiger partial charge on any atom is 0.400 e. The molecule has 162 valence electrons. The van der Waals surface area contributed by atoms with Crippen LogP contribution in [0.15, 0.2) is 46.0 Å². The van der Waals surface area contributed by atoms with Crippen molar-refractivity contribution < 1.29 is 45.1 Å². The third-order valence-electron chi connectivity index (χ3n) is 3.76. The van der Waals surface area contributed by atoms with Crippen LogP contribution in [-0.4, -0.2) is 11.8 Å². The summed E-state index contributed by atoms with van der Waals surface area (Å²) in [4.78, 5) is 16.5. The number of nitrogens with zero attached hydrogens (tertiary/aromatic N) is 1. The lowest BCUT2D eigenvalue weighted by Crippen LogP contribution is -2.15. The van der Waals surface area contributed by atoms with Crippen molar-refractivity contribution in [2.45, 2.75) is 6.61 Å². The quantitative estimate of drug-likeness (QED) is 0.117. The molecule has 0 amide bonds. The summed E-state index contributed by atoms with van der Waals surface area (Å²) in [6.45, 7) is -0.771. The van der Waals surface area contributed by atoms with Crippen LogP contribution in [0.5, 0.6) is 5.75 Å². The molecule has 1 aromatic heterocycles. The van der Waals surface area contributed by atoms with E-state index in [1.165, 1.54) is 12.1 Å². The first-order valence-corrected chi connectivity index (χ1v) is 8.22. The molecule has 0 aliphatic carbocycles. The minimum absolute atomic E-state index is 0.202. The number of hydrogen-bond acceptors (Lipinski definition) is 5. The fourth-order valence-corrected chi connectivity index (χ4v) is 2.23. The minimum Gasteiger partial charge on any atom is -0.479 e. The van der Waals surface area contributed by atoms with E-state index in [1.807, 2.05) is 0 Å². The van der Waals surface area contributed by atoms with E-state index in [1.54, 1.807) is 0 Å². The van der Waals surface area contributed by atoms with Crippen molar-refractivity contribution in [1.29, 1.82) is 0 Å². The van der Waals surface area contributed by atoms with Gasteiger partial charge in [-0.2, -0.15) is 8.78 Å². The Bertz CT molecular complexity index is 1130. The lowest BCUT2D eigenvalue weighted by atomic mass is 10.2. The van der Waals surface area contributed by atoms with Gasteiger partial charge in [-0.3, -0.25) is 0 Å². The van der Waals surface area contributed by atoms with Crippen LogP contribution in [0.2, 0.25) is 0 Å². The number of carbonyl (C=O) groups excluding carboxylic acids is 1. The van der Waals surface area contributed by atoms with Crippen molar-refractivity contribution in [2.24, 2.45) is 10.9 Å². The maximum atomic E-state index is 13.6. The summed E-state index contributed by atoms with van der Waals surface area (Å²) in [5.74, 6) is -15.0. The highest BCUT2D eigenvalue weighted by Crippen LogP contribution is 2.29. The van der Waals surface area contributed by atoms with E-state index in [0.29, 0.717) is 0 Å². The molecule has 0 aliphatic rings. The van der Waals surface area contributed by atoms with Crippen LogP contribution in [0.3, 0.4) is 0 Å². The lowest BCUT2D eigenvalue weighted by Gasteiger charge is -2.09. The Morgan fingerprint density at radius 2 is 1.45 bits per heavy atom. The van der Waals surface area contributed by atoms with Gasteiger partial charge < -0.3 is 19.7 Å². The standard InChI is InChI=1S/C19H10F6N2O4/c20-9-3-1-8(2-4-9)18(26)27-31-19(28)11-6-5-10(30-11)7-29-17-15(24)13(22)12(21)14(23)16(17)25/h1-6H,7H2,(H2,26,27). The SMILES string of the molecule is N/C(=N\OC(=O)c1ccc(COc2c(F)c(F)c(F)c(F)c2F)o1)c1ccc(F)cc1. The second-order valence-electron chi connectivity index (χ2n) is 5.82. The number of amidine groups is 1. The van der Waals surface area contributed by atoms with Gasteiger partial charge >= 0.3 is 5.97 Å². The molecule has 1 heterocycles. The molecule has 0 saturated carbocycles. The second kappa shape index (κ2) is 8.81. The number of rotatable bonds is 6. The Labute approximate surface area is 169 Å². The van der Waals surface area contributed by atoms with E-state index in [0.717, 1.165) is 24.3 Å². The highest BCUT2D eigenvalue weighted by atomic mass is 19.2. The van der Waals surface area contributed by atoms with E-state index in [9.17, 15) is 31.1 Å². The zero-order valence-corrected chi connectivity index (χ0v) is 15.1. The van der Waals surface area contributed by atoms with Gasteiger partial charge in [0.05, 0.1) is 0 Å². The smallest absolute Gasteiger partial charge is 0.400 e. The fraction of sp³-hybridized carbons (Fsp3) is 0.0526. The first kappa shape index (κ1) is 21.7. The van der Waals surface area contributed by atoms with E-state index in [2.05, 4.69) is 14.7 Å². The summed E-state index contributed by atoms with van der Waals surface area (Å²) in [7, 11) is 0. The van der Waals surface area contributed by atoms with Gasteiger partial charge in [0.15, 0.2) is 11.6 Å². The summed E-state index contributed by atoms with van der Waals surface area (Å²) >= 11 is 0. The zero-order valence-electron chi connectivity index (χ0n) is 15.1. The molecule has 2 aromatic carbocycles. The van der Waals surface area contributed by atoms with Crippen LogP contribution < -0.4 is 10.5 Å². The number of furan rings is 1. The van der Waals surface area contributed by atoms with E-state index < -0.39 is 59.0 Å². The molecule has 3 aromatic rings. The van der Waals surface area contributed by atoms with Crippen LogP contribution in [-0.2, 0) is 11.4 Å². The second-order valence-corrected chi connectivity index (χ2v) is 5.82. The number of ether oxygens (including phenoxy) is 1. The van der Waals surface area contributed by atoms with Crippen LogP contribution >= 0.6 is 0 Å². The number of halogens is 6. The molecular formula is C19H10F6N2O4. The number of carbonyl (C=O) groups is 1.